The molecule has 9 heteroatoms. The molecule has 1 aromatic heterocycles. The molecule has 3 rings (SSSR count). The van der Waals surface area contributed by atoms with Gasteiger partial charge in [0.15, 0.2) is 15.7 Å². The topological polar surface area (TPSA) is 81.0 Å². The number of tetrazole rings is 1. The molecule has 0 N–H and O–H groups in total. The van der Waals surface area contributed by atoms with Crippen molar-refractivity contribution in [3.05, 3.63) is 60.2 Å². The minimum absolute atomic E-state index is 0.231. The first-order valence-corrected chi connectivity index (χ1v) is 9.28. The van der Waals surface area contributed by atoms with Crippen LogP contribution in [0.4, 0.5) is 10.1 Å². The van der Waals surface area contributed by atoms with Gasteiger partial charge in [-0.2, -0.15) is 4.68 Å². The first-order chi connectivity index (χ1) is 11.8. The number of anilines is 1. The maximum absolute atomic E-state index is 13.0. The summed E-state index contributed by atoms with van der Waals surface area (Å²) < 4.78 is 37.7. The highest BCUT2D eigenvalue weighted by Crippen LogP contribution is 2.17. The van der Waals surface area contributed by atoms with E-state index in [0.29, 0.717) is 18.1 Å². The van der Waals surface area contributed by atoms with E-state index in [1.54, 1.807) is 24.3 Å². The largest absolute Gasteiger partial charge is 0.367 e. The van der Waals surface area contributed by atoms with Crippen LogP contribution in [0.5, 0.6) is 0 Å². The van der Waals surface area contributed by atoms with Crippen LogP contribution in [0.3, 0.4) is 0 Å². The molecule has 0 atom stereocenters. The molecular formula is C16H16FN5O2S. The quantitative estimate of drug-likeness (QED) is 0.690. The minimum atomic E-state index is -3.26. The monoisotopic (exact) mass is 361 g/mol. The molecule has 130 valence electrons. The molecule has 0 bridgehead atoms. The molecule has 0 unspecified atom stereocenters. The van der Waals surface area contributed by atoms with E-state index in [0.717, 1.165) is 11.9 Å². The average Bonchev–Trinajstić information content (AvgIpc) is 3.03. The minimum Gasteiger partial charge on any atom is -0.367 e. The van der Waals surface area contributed by atoms with Crippen LogP contribution in [-0.2, 0) is 16.4 Å². The van der Waals surface area contributed by atoms with Crippen LogP contribution in [0, 0.1) is 5.82 Å². The number of halogens is 1. The molecule has 0 aliphatic rings. The molecule has 3 aromatic rings. The summed E-state index contributed by atoms with van der Waals surface area (Å²) in [6, 6.07) is 12.4. The predicted molar refractivity (Wildman–Crippen MR) is 90.8 cm³/mol. The van der Waals surface area contributed by atoms with Gasteiger partial charge < -0.3 is 4.90 Å². The zero-order valence-corrected chi connectivity index (χ0v) is 14.5. The van der Waals surface area contributed by atoms with Crippen LogP contribution in [0.25, 0.3) is 5.69 Å². The second-order valence-corrected chi connectivity index (χ2v) is 7.62. The third-order valence-corrected chi connectivity index (χ3v) is 4.82. The molecule has 7 nitrogen and oxygen atoms in total. The summed E-state index contributed by atoms with van der Waals surface area (Å²) in [7, 11) is -1.41. The van der Waals surface area contributed by atoms with Gasteiger partial charge in [-0.05, 0) is 59.0 Å². The van der Waals surface area contributed by atoms with Gasteiger partial charge in [-0.3, -0.25) is 0 Å². The van der Waals surface area contributed by atoms with Crippen molar-refractivity contribution in [1.82, 2.24) is 20.2 Å². The maximum atomic E-state index is 13.0. The second kappa shape index (κ2) is 6.60. The Hall–Kier alpha value is -2.81. The Kier molecular flexibility index (Phi) is 4.49. The number of sulfone groups is 1. The van der Waals surface area contributed by atoms with Crippen molar-refractivity contribution in [3.63, 3.8) is 0 Å². The van der Waals surface area contributed by atoms with Crippen LogP contribution in [-0.4, -0.2) is 41.9 Å². The standard InChI is InChI=1S/C16H16FN5O2S/c1-21(13-5-3-12(17)4-6-13)11-16-18-19-20-22(16)14-7-9-15(10-8-14)25(2,23)24/h3-10H,11H2,1-2H3. The first-order valence-electron chi connectivity index (χ1n) is 7.39. The Balaban J connectivity index is 1.84. The van der Waals surface area contributed by atoms with E-state index < -0.39 is 9.84 Å². The van der Waals surface area contributed by atoms with Crippen molar-refractivity contribution in [2.24, 2.45) is 0 Å². The number of hydrogen-bond acceptors (Lipinski definition) is 6. The van der Waals surface area contributed by atoms with E-state index in [1.165, 1.54) is 28.9 Å². The van der Waals surface area contributed by atoms with Gasteiger partial charge in [0.05, 0.1) is 17.1 Å². The van der Waals surface area contributed by atoms with Crippen LogP contribution < -0.4 is 4.90 Å². The fourth-order valence-electron chi connectivity index (χ4n) is 2.34. The number of hydrogen-bond donors (Lipinski definition) is 0. The van der Waals surface area contributed by atoms with Crippen LogP contribution in [0.2, 0.25) is 0 Å². The van der Waals surface area contributed by atoms with Gasteiger partial charge in [0.25, 0.3) is 0 Å². The molecule has 25 heavy (non-hydrogen) atoms. The number of benzene rings is 2. The molecule has 0 fully saturated rings. The van der Waals surface area contributed by atoms with Gasteiger partial charge in [-0.25, -0.2) is 12.8 Å². The van der Waals surface area contributed by atoms with Crippen molar-refractivity contribution in [3.8, 4) is 5.69 Å². The molecule has 0 aliphatic carbocycles. The third-order valence-electron chi connectivity index (χ3n) is 3.69. The van der Waals surface area contributed by atoms with E-state index in [9.17, 15) is 12.8 Å². The van der Waals surface area contributed by atoms with E-state index in [1.807, 2.05) is 11.9 Å². The maximum Gasteiger partial charge on any atom is 0.175 e. The Bertz CT molecular complexity index is 969. The molecule has 1 heterocycles. The summed E-state index contributed by atoms with van der Waals surface area (Å²) in [4.78, 5) is 2.11. The zero-order valence-electron chi connectivity index (χ0n) is 13.7. The van der Waals surface area contributed by atoms with Gasteiger partial charge in [0, 0.05) is 19.0 Å². The summed E-state index contributed by atoms with van der Waals surface area (Å²) in [5.74, 6) is 0.270. The zero-order chi connectivity index (χ0) is 18.0. The Morgan fingerprint density at radius 1 is 1.08 bits per heavy atom. The van der Waals surface area contributed by atoms with Crippen molar-refractivity contribution >= 4 is 15.5 Å². The van der Waals surface area contributed by atoms with Crippen LogP contribution in [0.1, 0.15) is 5.82 Å². The highest BCUT2D eigenvalue weighted by atomic mass is 32.2. The number of aromatic nitrogens is 4. The lowest BCUT2D eigenvalue weighted by Crippen LogP contribution is -2.19. The highest BCUT2D eigenvalue weighted by Gasteiger charge is 2.13. The van der Waals surface area contributed by atoms with Crippen LogP contribution >= 0.6 is 0 Å². The molecule has 0 amide bonds. The SMILES string of the molecule is CN(Cc1nnnn1-c1ccc(S(C)(=O)=O)cc1)c1ccc(F)cc1. The summed E-state index contributed by atoms with van der Waals surface area (Å²) in [6.45, 7) is 0.395. The molecule has 0 saturated carbocycles. The summed E-state index contributed by atoms with van der Waals surface area (Å²) in [6.07, 6.45) is 1.15. The van der Waals surface area contributed by atoms with Gasteiger partial charge >= 0.3 is 0 Å². The summed E-state index contributed by atoms with van der Waals surface area (Å²) in [5.41, 5.74) is 1.48. The van der Waals surface area contributed by atoms with E-state index >= 15 is 0 Å². The fourth-order valence-corrected chi connectivity index (χ4v) is 2.97. The predicted octanol–water partition coefficient (Wildman–Crippen LogP) is 1.84. The van der Waals surface area contributed by atoms with E-state index in [4.69, 9.17) is 0 Å². The molecule has 0 radical (unpaired) electrons. The first kappa shape index (κ1) is 17.0. The average molecular weight is 361 g/mol. The lowest BCUT2D eigenvalue weighted by atomic mass is 10.3. The fraction of sp³-hybridized carbons (Fsp3) is 0.188. The normalized spacial score (nSPS) is 11.5. The smallest absolute Gasteiger partial charge is 0.175 e. The van der Waals surface area contributed by atoms with Gasteiger partial charge in [0.1, 0.15) is 5.82 Å². The third kappa shape index (κ3) is 3.82. The van der Waals surface area contributed by atoms with Crippen molar-refractivity contribution in [1.29, 1.82) is 0 Å². The summed E-state index contributed by atoms with van der Waals surface area (Å²) >= 11 is 0. The number of nitrogens with zero attached hydrogens (tertiary/aromatic N) is 5. The molecule has 2 aromatic carbocycles. The van der Waals surface area contributed by atoms with Gasteiger partial charge in [-0.15, -0.1) is 5.10 Å². The molecule has 0 saturated heterocycles. The molecule has 0 spiro atoms. The van der Waals surface area contributed by atoms with E-state index in [2.05, 4.69) is 15.5 Å². The van der Waals surface area contributed by atoms with Gasteiger partial charge in [0.2, 0.25) is 0 Å². The van der Waals surface area contributed by atoms with E-state index in [-0.39, 0.29) is 10.7 Å². The Morgan fingerprint density at radius 3 is 2.32 bits per heavy atom. The Morgan fingerprint density at radius 2 is 1.72 bits per heavy atom. The summed E-state index contributed by atoms with van der Waals surface area (Å²) in [5, 5.41) is 11.7. The lowest BCUT2D eigenvalue weighted by molar-refractivity contribution is 0.602. The number of rotatable bonds is 5. The van der Waals surface area contributed by atoms with Crippen molar-refractivity contribution < 1.29 is 12.8 Å². The van der Waals surface area contributed by atoms with Crippen molar-refractivity contribution in [2.75, 3.05) is 18.2 Å². The van der Waals surface area contributed by atoms with Crippen molar-refractivity contribution in [2.45, 2.75) is 11.4 Å². The van der Waals surface area contributed by atoms with Crippen LogP contribution in [0.15, 0.2) is 53.4 Å². The lowest BCUT2D eigenvalue weighted by Gasteiger charge is -2.18. The highest BCUT2D eigenvalue weighted by molar-refractivity contribution is 7.90. The second-order valence-electron chi connectivity index (χ2n) is 5.61. The molecular weight excluding hydrogens is 345 g/mol. The van der Waals surface area contributed by atoms with Gasteiger partial charge in [-0.1, -0.05) is 0 Å². The molecule has 0 aliphatic heterocycles. The Labute approximate surface area is 144 Å².